The third-order valence-corrected chi connectivity index (χ3v) is 16.2. The lowest BCUT2D eigenvalue weighted by Crippen LogP contribution is -2.55. The van der Waals surface area contributed by atoms with Gasteiger partial charge in [-0.3, -0.25) is 9.59 Å². The minimum atomic E-state index is -3.71. The molecule has 14 heteroatoms. The highest BCUT2D eigenvalue weighted by Gasteiger charge is 2.37. The van der Waals surface area contributed by atoms with Crippen LogP contribution in [0.15, 0.2) is 42.9 Å². The smallest absolute Gasteiger partial charge is 0.243 e. The maximum absolute atomic E-state index is 14.4. The summed E-state index contributed by atoms with van der Waals surface area (Å²) in [7, 11) is -7.20. The average Bonchev–Trinajstić information content (AvgIpc) is 3.66. The lowest BCUT2D eigenvalue weighted by molar-refractivity contribution is -0.131. The number of carbonyl (C=O) groups excluding carboxylic acids is 2. The number of carbonyl (C=O) groups is 2. The lowest BCUT2D eigenvalue weighted by atomic mass is 9.81. The fraction of sp³-hybridized carbons (Fsp3) is 0.738. The summed E-state index contributed by atoms with van der Waals surface area (Å²) >= 11 is 0. The van der Waals surface area contributed by atoms with Gasteiger partial charge >= 0.3 is 0 Å². The molecule has 0 radical (unpaired) electrons. The predicted octanol–water partition coefficient (Wildman–Crippen LogP) is 5.49. The van der Waals surface area contributed by atoms with Crippen LogP contribution in [0.5, 0.6) is 0 Å². The Bertz CT molecular complexity index is 1700. The van der Waals surface area contributed by atoms with Crippen molar-refractivity contribution in [3.63, 3.8) is 0 Å². The van der Waals surface area contributed by atoms with Crippen molar-refractivity contribution in [2.24, 2.45) is 29.6 Å². The number of imidazole rings is 1. The standard InChI is InChI=1S/C42H69N5O7S2/c1-30(2)34(25-45-56(53,54)27-33-19-13-8-14-20-33)23-39(48)37(22-32-17-11-7-12-18-32)46-41(50)38(24-36-26-43-29-44-36)47-40(49)35(21-31-15-9-6-10-16-31)28-55(51,52)42(3,4)5/h6,9-10,15-16,26,29-30,32-35,37-39,45,48H,7-8,11-14,17-25,27-28H2,1-5H3,(H,43,44)(H,46,50)(H,47,49)/t34-,35?,37+,38?,39+/m1/s1. The number of sulfonamides is 1. The summed E-state index contributed by atoms with van der Waals surface area (Å²) in [5.41, 5.74) is 1.34. The van der Waals surface area contributed by atoms with Crippen molar-refractivity contribution in [3.8, 4) is 0 Å². The number of aliphatic hydroxyl groups excluding tert-OH is 1. The summed E-state index contributed by atoms with van der Waals surface area (Å²) < 4.78 is 54.9. The van der Waals surface area contributed by atoms with Crippen molar-refractivity contribution < 1.29 is 31.5 Å². The van der Waals surface area contributed by atoms with Crippen LogP contribution in [0.3, 0.4) is 0 Å². The van der Waals surface area contributed by atoms with E-state index >= 15 is 0 Å². The molecule has 2 fully saturated rings. The molecular weight excluding hydrogens is 751 g/mol. The number of aromatic amines is 1. The molecule has 5 atom stereocenters. The molecular formula is C42H69N5O7S2. The number of aliphatic hydroxyl groups is 1. The van der Waals surface area contributed by atoms with Crippen LogP contribution in [0.25, 0.3) is 0 Å². The topological polar surface area (TPSA) is 187 Å². The molecule has 56 heavy (non-hydrogen) atoms. The van der Waals surface area contributed by atoms with E-state index < -0.39 is 66.3 Å². The van der Waals surface area contributed by atoms with Crippen LogP contribution in [0.2, 0.25) is 0 Å². The van der Waals surface area contributed by atoms with E-state index in [2.05, 4.69) is 25.3 Å². The second-order valence-electron chi connectivity index (χ2n) is 17.9. The molecule has 316 valence electrons. The molecule has 4 rings (SSSR count). The van der Waals surface area contributed by atoms with Gasteiger partial charge in [-0.15, -0.1) is 0 Å². The molecule has 2 saturated carbocycles. The van der Waals surface area contributed by atoms with Gasteiger partial charge in [0.25, 0.3) is 0 Å². The van der Waals surface area contributed by atoms with Crippen LogP contribution in [-0.2, 0) is 42.3 Å². The Labute approximate surface area is 336 Å². The Morgan fingerprint density at radius 2 is 1.50 bits per heavy atom. The maximum atomic E-state index is 14.4. The van der Waals surface area contributed by atoms with E-state index in [1.807, 2.05) is 44.2 Å². The van der Waals surface area contributed by atoms with Crippen LogP contribution in [0, 0.1) is 29.6 Å². The number of H-pyrrole nitrogens is 1. The van der Waals surface area contributed by atoms with E-state index in [0.717, 1.165) is 69.8 Å². The largest absolute Gasteiger partial charge is 0.391 e. The van der Waals surface area contributed by atoms with Gasteiger partial charge in [-0.25, -0.2) is 26.5 Å². The fourth-order valence-corrected chi connectivity index (χ4v) is 11.0. The van der Waals surface area contributed by atoms with Crippen molar-refractivity contribution in [1.29, 1.82) is 0 Å². The highest BCUT2D eigenvalue weighted by Crippen LogP contribution is 2.30. The first-order valence-corrected chi connectivity index (χ1v) is 24.2. The molecule has 2 aliphatic rings. The van der Waals surface area contributed by atoms with E-state index in [4.69, 9.17) is 0 Å². The summed E-state index contributed by atoms with van der Waals surface area (Å²) in [6.07, 6.45) is 13.7. The zero-order valence-corrected chi connectivity index (χ0v) is 36.0. The Hall–Kier alpha value is -2.81. The first-order chi connectivity index (χ1) is 26.4. The molecule has 2 aliphatic carbocycles. The Morgan fingerprint density at radius 1 is 0.875 bits per heavy atom. The molecule has 1 aromatic carbocycles. The number of nitrogens with zero attached hydrogens (tertiary/aromatic N) is 1. The summed E-state index contributed by atoms with van der Waals surface area (Å²) in [6, 6.07) is 7.48. The number of rotatable bonds is 21. The second kappa shape index (κ2) is 21.3. The second-order valence-corrected chi connectivity index (χ2v) is 22.5. The van der Waals surface area contributed by atoms with E-state index in [0.29, 0.717) is 18.0 Å². The first-order valence-electron chi connectivity index (χ1n) is 20.9. The highest BCUT2D eigenvalue weighted by atomic mass is 32.2. The number of hydrogen-bond donors (Lipinski definition) is 5. The number of sulfone groups is 1. The minimum absolute atomic E-state index is 0.0504. The summed E-state index contributed by atoms with van der Waals surface area (Å²) in [6.45, 7) is 9.07. The molecule has 2 unspecified atom stereocenters. The summed E-state index contributed by atoms with van der Waals surface area (Å²) in [5.74, 6) is -1.93. The monoisotopic (exact) mass is 819 g/mol. The molecule has 1 heterocycles. The van der Waals surface area contributed by atoms with E-state index in [-0.39, 0.29) is 49.3 Å². The van der Waals surface area contributed by atoms with Gasteiger partial charge in [0.15, 0.2) is 9.84 Å². The normalized spacial score (nSPS) is 19.2. The van der Waals surface area contributed by atoms with Crippen molar-refractivity contribution in [2.75, 3.05) is 18.1 Å². The fourth-order valence-electron chi connectivity index (χ4n) is 8.15. The molecule has 5 N–H and O–H groups in total. The number of nitrogens with one attached hydrogen (secondary N) is 4. The van der Waals surface area contributed by atoms with Gasteiger partial charge < -0.3 is 20.7 Å². The van der Waals surface area contributed by atoms with Gasteiger partial charge in [-0.05, 0) is 82.1 Å². The zero-order chi connectivity index (χ0) is 40.9. The third-order valence-electron chi connectivity index (χ3n) is 12.0. The highest BCUT2D eigenvalue weighted by molar-refractivity contribution is 7.92. The van der Waals surface area contributed by atoms with Crippen LogP contribution in [0.1, 0.15) is 123 Å². The van der Waals surface area contributed by atoms with E-state index in [1.54, 1.807) is 27.0 Å². The average molecular weight is 820 g/mol. The van der Waals surface area contributed by atoms with E-state index in [1.165, 1.54) is 6.33 Å². The van der Waals surface area contributed by atoms with Crippen LogP contribution >= 0.6 is 0 Å². The minimum Gasteiger partial charge on any atom is -0.391 e. The Morgan fingerprint density at radius 3 is 2.07 bits per heavy atom. The number of benzene rings is 1. The number of amides is 2. The predicted molar refractivity (Wildman–Crippen MR) is 222 cm³/mol. The quantitative estimate of drug-likeness (QED) is 0.109. The summed E-state index contributed by atoms with van der Waals surface area (Å²) in [5, 5.41) is 17.9. The lowest BCUT2D eigenvalue weighted by Gasteiger charge is -2.34. The SMILES string of the molecule is CC(C)[C@@H](CNS(=O)(=O)CC1CCCCC1)C[C@H](O)[C@H](CC1CCCCC1)NC(=O)C(Cc1c[nH]cn1)NC(=O)C(Cc1ccccc1)CS(=O)(=O)C(C)(C)C. The van der Waals surface area contributed by atoms with Gasteiger partial charge in [0.1, 0.15) is 6.04 Å². The van der Waals surface area contributed by atoms with Gasteiger partial charge in [0.2, 0.25) is 21.8 Å². The van der Waals surface area contributed by atoms with Gasteiger partial charge in [0.05, 0.1) is 46.3 Å². The maximum Gasteiger partial charge on any atom is 0.243 e. The van der Waals surface area contributed by atoms with Crippen molar-refractivity contribution in [1.82, 2.24) is 25.3 Å². The number of aromatic nitrogens is 2. The molecule has 0 spiro atoms. The van der Waals surface area contributed by atoms with Crippen molar-refractivity contribution in [2.45, 2.75) is 147 Å². The van der Waals surface area contributed by atoms with Crippen LogP contribution in [-0.4, -0.2) is 84.7 Å². The molecule has 0 bridgehead atoms. The molecule has 1 aromatic heterocycles. The zero-order valence-electron chi connectivity index (χ0n) is 34.3. The molecule has 0 aliphatic heterocycles. The van der Waals surface area contributed by atoms with Gasteiger partial charge in [-0.1, -0.05) is 95.5 Å². The van der Waals surface area contributed by atoms with Crippen molar-refractivity contribution in [3.05, 3.63) is 54.1 Å². The number of hydrogen-bond acceptors (Lipinski definition) is 8. The van der Waals surface area contributed by atoms with Gasteiger partial charge in [-0.2, -0.15) is 0 Å². The summed E-state index contributed by atoms with van der Waals surface area (Å²) in [4.78, 5) is 35.7. The van der Waals surface area contributed by atoms with Crippen LogP contribution < -0.4 is 15.4 Å². The first kappa shape index (κ1) is 45.9. The molecule has 2 amide bonds. The van der Waals surface area contributed by atoms with Crippen molar-refractivity contribution >= 4 is 31.7 Å². The molecule has 0 saturated heterocycles. The van der Waals surface area contributed by atoms with Crippen LogP contribution in [0.4, 0.5) is 0 Å². The van der Waals surface area contributed by atoms with Gasteiger partial charge in [0, 0.05) is 19.2 Å². The Kier molecular flexibility index (Phi) is 17.4. The molecule has 12 nitrogen and oxygen atoms in total. The third kappa shape index (κ3) is 14.8. The Balaban J connectivity index is 1.54. The van der Waals surface area contributed by atoms with E-state index in [9.17, 15) is 31.5 Å². The molecule has 2 aromatic rings.